The van der Waals surface area contributed by atoms with Crippen molar-refractivity contribution in [2.24, 2.45) is 0 Å². The van der Waals surface area contributed by atoms with Gasteiger partial charge in [0, 0.05) is 16.0 Å². The smallest absolute Gasteiger partial charge is 0.267 e. The molecule has 2 aromatic heterocycles. The maximum atomic E-state index is 13.8. The molecule has 1 N–H and O–H groups in total. The van der Waals surface area contributed by atoms with Crippen LogP contribution in [0.2, 0.25) is 5.02 Å². The zero-order valence-electron chi connectivity index (χ0n) is 19.8. The van der Waals surface area contributed by atoms with E-state index in [9.17, 15) is 9.59 Å². The van der Waals surface area contributed by atoms with Crippen LogP contribution in [0.4, 0.5) is 5.69 Å². The van der Waals surface area contributed by atoms with E-state index in [1.54, 1.807) is 65.5 Å². The van der Waals surface area contributed by atoms with Gasteiger partial charge in [-0.1, -0.05) is 23.4 Å². The molecule has 0 saturated heterocycles. The van der Waals surface area contributed by atoms with Crippen LogP contribution in [0.3, 0.4) is 0 Å². The van der Waals surface area contributed by atoms with Crippen molar-refractivity contribution in [3.63, 3.8) is 0 Å². The molecule has 1 aliphatic rings. The van der Waals surface area contributed by atoms with Gasteiger partial charge in [0.1, 0.15) is 16.3 Å². The van der Waals surface area contributed by atoms with Crippen molar-refractivity contribution < 1.29 is 14.3 Å². The predicted molar refractivity (Wildman–Crippen MR) is 146 cm³/mol. The second-order valence-corrected chi connectivity index (χ2v) is 10.8. The van der Waals surface area contributed by atoms with Gasteiger partial charge in [0.15, 0.2) is 5.16 Å². The molecule has 186 valence electrons. The lowest BCUT2D eigenvalue weighted by Crippen LogP contribution is -2.23. The second kappa shape index (κ2) is 10.5. The molecule has 5 rings (SSSR count). The summed E-state index contributed by atoms with van der Waals surface area (Å²) in [6.45, 7) is 0. The second-order valence-electron chi connectivity index (χ2n) is 8.31. The number of thiophene rings is 1. The summed E-state index contributed by atoms with van der Waals surface area (Å²) in [6.07, 6.45) is 4.07. The number of hydrogen-bond donors (Lipinski definition) is 1. The number of carbonyl (C=O) groups excluding carboxylic acids is 1. The fourth-order valence-corrected chi connectivity index (χ4v) is 6.56. The van der Waals surface area contributed by atoms with Crippen molar-refractivity contribution in [3.05, 3.63) is 68.3 Å². The SMILES string of the molecule is COc1ccc(NC(=O)CSc2nc3sc4c(c3c(=O)n2-c2ccc(Cl)cc2)CCCC4)c(OC)c1. The Labute approximate surface area is 221 Å². The Hall–Kier alpha value is -3.01. The molecule has 0 atom stereocenters. The van der Waals surface area contributed by atoms with Gasteiger partial charge < -0.3 is 14.8 Å². The van der Waals surface area contributed by atoms with Gasteiger partial charge in [-0.25, -0.2) is 4.98 Å². The monoisotopic (exact) mass is 541 g/mol. The summed E-state index contributed by atoms with van der Waals surface area (Å²) in [5.41, 5.74) is 2.21. The topological polar surface area (TPSA) is 82.5 Å². The van der Waals surface area contributed by atoms with E-state index in [4.69, 9.17) is 26.1 Å². The van der Waals surface area contributed by atoms with Crippen molar-refractivity contribution in [1.82, 2.24) is 9.55 Å². The van der Waals surface area contributed by atoms with E-state index in [1.807, 2.05) is 0 Å². The number of rotatable bonds is 7. The first kappa shape index (κ1) is 24.7. The third-order valence-electron chi connectivity index (χ3n) is 6.06. The third kappa shape index (κ3) is 4.83. The van der Waals surface area contributed by atoms with E-state index in [0.29, 0.717) is 38.4 Å². The normalized spacial score (nSPS) is 12.9. The molecule has 0 saturated carbocycles. The number of fused-ring (bicyclic) bond motifs is 3. The maximum Gasteiger partial charge on any atom is 0.267 e. The number of nitrogens with one attached hydrogen (secondary N) is 1. The van der Waals surface area contributed by atoms with Crippen LogP contribution >= 0.6 is 34.7 Å². The number of benzene rings is 2. The van der Waals surface area contributed by atoms with Crippen molar-refractivity contribution >= 4 is 56.5 Å². The first-order chi connectivity index (χ1) is 17.5. The minimum absolute atomic E-state index is 0.0613. The summed E-state index contributed by atoms with van der Waals surface area (Å²) in [7, 11) is 3.10. The zero-order valence-corrected chi connectivity index (χ0v) is 22.2. The molecule has 0 unspecified atom stereocenters. The Kier molecular flexibility index (Phi) is 7.22. The van der Waals surface area contributed by atoms with Crippen LogP contribution < -0.4 is 20.3 Å². The van der Waals surface area contributed by atoms with Gasteiger partial charge in [-0.2, -0.15) is 0 Å². The molecule has 10 heteroatoms. The van der Waals surface area contributed by atoms with Gasteiger partial charge in [0.2, 0.25) is 5.91 Å². The number of ether oxygens (including phenoxy) is 2. The number of aryl methyl sites for hydroxylation is 2. The highest BCUT2D eigenvalue weighted by Crippen LogP contribution is 2.35. The number of anilines is 1. The Morgan fingerprint density at radius 3 is 2.67 bits per heavy atom. The van der Waals surface area contributed by atoms with E-state index in [0.717, 1.165) is 36.1 Å². The number of methoxy groups -OCH3 is 2. The average Bonchev–Trinajstić information content (AvgIpc) is 3.27. The van der Waals surface area contributed by atoms with Gasteiger partial charge in [0.25, 0.3) is 5.56 Å². The predicted octanol–water partition coefficient (Wildman–Crippen LogP) is 5.73. The molecule has 36 heavy (non-hydrogen) atoms. The van der Waals surface area contributed by atoms with E-state index in [1.165, 1.54) is 23.7 Å². The van der Waals surface area contributed by atoms with Crippen molar-refractivity contribution in [3.8, 4) is 17.2 Å². The van der Waals surface area contributed by atoms with Gasteiger partial charge in [-0.3, -0.25) is 14.2 Å². The highest BCUT2D eigenvalue weighted by atomic mass is 35.5. The first-order valence-corrected chi connectivity index (χ1v) is 13.6. The minimum atomic E-state index is -0.244. The molecule has 0 aliphatic heterocycles. The summed E-state index contributed by atoms with van der Waals surface area (Å²) in [5, 5.41) is 4.61. The summed E-state index contributed by atoms with van der Waals surface area (Å²) < 4.78 is 12.2. The van der Waals surface area contributed by atoms with Crippen LogP contribution in [0, 0.1) is 0 Å². The molecule has 4 aromatic rings. The van der Waals surface area contributed by atoms with Crippen LogP contribution in [-0.4, -0.2) is 35.4 Å². The Morgan fingerprint density at radius 2 is 1.92 bits per heavy atom. The van der Waals surface area contributed by atoms with Crippen molar-refractivity contribution in [2.75, 3.05) is 25.3 Å². The molecule has 0 radical (unpaired) electrons. The summed E-state index contributed by atoms with van der Waals surface area (Å²) in [4.78, 5) is 33.5. The zero-order chi connectivity index (χ0) is 25.2. The van der Waals surface area contributed by atoms with Crippen LogP contribution in [0.5, 0.6) is 11.5 Å². The number of thioether (sulfide) groups is 1. The Balaban J connectivity index is 1.48. The van der Waals surface area contributed by atoms with Gasteiger partial charge in [-0.15, -0.1) is 11.3 Å². The third-order valence-corrected chi connectivity index (χ3v) is 8.43. The summed E-state index contributed by atoms with van der Waals surface area (Å²) >= 11 is 8.91. The molecule has 1 aliphatic carbocycles. The molecule has 1 amide bonds. The number of nitrogens with zero attached hydrogens (tertiary/aromatic N) is 2. The van der Waals surface area contributed by atoms with Crippen molar-refractivity contribution in [2.45, 2.75) is 30.8 Å². The highest BCUT2D eigenvalue weighted by molar-refractivity contribution is 7.99. The average molecular weight is 542 g/mol. The fraction of sp³-hybridized carbons (Fsp3) is 0.269. The molecule has 7 nitrogen and oxygen atoms in total. The van der Waals surface area contributed by atoms with Crippen LogP contribution in [0.25, 0.3) is 15.9 Å². The minimum Gasteiger partial charge on any atom is -0.497 e. The molecule has 0 bridgehead atoms. The fourth-order valence-electron chi connectivity index (χ4n) is 4.32. The lowest BCUT2D eigenvalue weighted by atomic mass is 9.97. The van der Waals surface area contributed by atoms with E-state index < -0.39 is 0 Å². The summed E-state index contributed by atoms with van der Waals surface area (Å²) in [5.74, 6) is 0.939. The number of halogens is 1. The number of aromatic nitrogens is 2. The number of amides is 1. The first-order valence-electron chi connectivity index (χ1n) is 11.5. The van der Waals surface area contributed by atoms with Crippen LogP contribution in [0.1, 0.15) is 23.3 Å². The number of carbonyl (C=O) groups is 1. The van der Waals surface area contributed by atoms with Gasteiger partial charge in [-0.05, 0) is 67.6 Å². The van der Waals surface area contributed by atoms with E-state index in [2.05, 4.69) is 5.32 Å². The Morgan fingerprint density at radius 1 is 1.14 bits per heavy atom. The van der Waals surface area contributed by atoms with E-state index in [-0.39, 0.29) is 17.2 Å². The molecule has 2 aromatic carbocycles. The standard InChI is InChI=1S/C26H24ClN3O4S2/c1-33-17-11-12-19(20(13-17)34-2)28-22(31)14-35-26-29-24-23(18-5-3-4-6-21(18)36-24)25(32)30(26)16-9-7-15(27)8-10-16/h7-13H,3-6,14H2,1-2H3,(H,28,31). The molecule has 0 fully saturated rings. The highest BCUT2D eigenvalue weighted by Gasteiger charge is 2.23. The Bertz CT molecular complexity index is 1500. The molecule has 2 heterocycles. The van der Waals surface area contributed by atoms with E-state index >= 15 is 0 Å². The molecular weight excluding hydrogens is 518 g/mol. The maximum absolute atomic E-state index is 13.8. The van der Waals surface area contributed by atoms with Gasteiger partial charge >= 0.3 is 0 Å². The molecular formula is C26H24ClN3O4S2. The summed E-state index contributed by atoms with van der Waals surface area (Å²) in [6, 6.07) is 12.3. The van der Waals surface area contributed by atoms with Gasteiger partial charge in [0.05, 0.1) is 36.7 Å². The van der Waals surface area contributed by atoms with Crippen LogP contribution in [0.15, 0.2) is 52.4 Å². The van der Waals surface area contributed by atoms with Crippen LogP contribution in [-0.2, 0) is 17.6 Å². The lowest BCUT2D eigenvalue weighted by Gasteiger charge is -2.14. The quantitative estimate of drug-likeness (QED) is 0.238. The van der Waals surface area contributed by atoms with Crippen molar-refractivity contribution in [1.29, 1.82) is 0 Å². The lowest BCUT2D eigenvalue weighted by molar-refractivity contribution is -0.113. The number of hydrogen-bond acceptors (Lipinski definition) is 7. The molecule has 0 spiro atoms. The largest absolute Gasteiger partial charge is 0.497 e.